The molecule has 0 aliphatic carbocycles. The van der Waals surface area contributed by atoms with Crippen molar-refractivity contribution in [1.82, 2.24) is 9.97 Å². The first-order valence-corrected chi connectivity index (χ1v) is 5.47. The molecule has 0 amide bonds. The average Bonchev–Trinajstić information content (AvgIpc) is 2.21. The number of anilines is 1. The molecule has 0 aliphatic rings. The van der Waals surface area contributed by atoms with E-state index in [-0.39, 0.29) is 16.9 Å². The molecule has 7 heteroatoms. The number of nitrogens with zero attached hydrogens (tertiary/aromatic N) is 2. The molecule has 0 atom stereocenters. The molecule has 2 N–H and O–H groups in total. The lowest BCUT2D eigenvalue weighted by Gasteiger charge is -2.02. The maximum Gasteiger partial charge on any atom is 0.306 e. The summed E-state index contributed by atoms with van der Waals surface area (Å²) in [6.45, 7) is 0. The fourth-order valence-corrected chi connectivity index (χ4v) is 1.74. The van der Waals surface area contributed by atoms with Gasteiger partial charge in [-0.25, -0.2) is 9.97 Å². The van der Waals surface area contributed by atoms with Crippen LogP contribution in [0, 0.1) is 0 Å². The molecule has 1 aromatic heterocycles. The predicted molar refractivity (Wildman–Crippen MR) is 58.8 cm³/mol. The Labute approximate surface area is 96.4 Å². The van der Waals surface area contributed by atoms with E-state index in [4.69, 9.17) is 17.3 Å². The van der Waals surface area contributed by atoms with E-state index in [9.17, 15) is 4.79 Å². The zero-order valence-electron chi connectivity index (χ0n) is 8.07. The standard InChI is InChI=1S/C8H10ClN3O2S/c1-14-6(13)2-3-15-8-7(10)12-5(9)4-11-8/h4H,2-3H2,1H3,(H2,10,12). The maximum absolute atomic E-state index is 10.8. The monoisotopic (exact) mass is 247 g/mol. The molecule has 0 aromatic carbocycles. The number of nitrogens with two attached hydrogens (primary N) is 1. The summed E-state index contributed by atoms with van der Waals surface area (Å²) in [5, 5.41) is 0.827. The number of aromatic nitrogens is 2. The minimum Gasteiger partial charge on any atom is -0.469 e. The highest BCUT2D eigenvalue weighted by molar-refractivity contribution is 7.99. The van der Waals surface area contributed by atoms with Crippen LogP contribution in [0.2, 0.25) is 5.15 Å². The Morgan fingerprint density at radius 2 is 2.47 bits per heavy atom. The lowest BCUT2D eigenvalue weighted by Crippen LogP contribution is -2.02. The van der Waals surface area contributed by atoms with Crippen LogP contribution in [-0.2, 0) is 9.53 Å². The lowest BCUT2D eigenvalue weighted by molar-refractivity contribution is -0.140. The number of methoxy groups -OCH3 is 1. The second-order valence-electron chi connectivity index (χ2n) is 2.56. The van der Waals surface area contributed by atoms with Crippen molar-refractivity contribution < 1.29 is 9.53 Å². The van der Waals surface area contributed by atoms with Gasteiger partial charge in [-0.2, -0.15) is 0 Å². The van der Waals surface area contributed by atoms with Crippen LogP contribution in [0.3, 0.4) is 0 Å². The Kier molecular flexibility index (Phi) is 4.64. The van der Waals surface area contributed by atoms with Crippen molar-refractivity contribution in [3.05, 3.63) is 11.3 Å². The Morgan fingerprint density at radius 1 is 1.73 bits per heavy atom. The molecular formula is C8H10ClN3O2S. The van der Waals surface area contributed by atoms with Gasteiger partial charge < -0.3 is 10.5 Å². The van der Waals surface area contributed by atoms with Gasteiger partial charge in [0.2, 0.25) is 0 Å². The number of ether oxygens (including phenoxy) is 1. The number of hydrogen-bond acceptors (Lipinski definition) is 6. The molecule has 0 bridgehead atoms. The molecule has 5 nitrogen and oxygen atoms in total. The topological polar surface area (TPSA) is 78.1 Å². The highest BCUT2D eigenvalue weighted by atomic mass is 35.5. The van der Waals surface area contributed by atoms with Crippen molar-refractivity contribution >= 4 is 35.1 Å². The van der Waals surface area contributed by atoms with Gasteiger partial charge in [-0.3, -0.25) is 4.79 Å². The summed E-state index contributed by atoms with van der Waals surface area (Å²) >= 11 is 6.93. The van der Waals surface area contributed by atoms with Crippen LogP contribution in [0.1, 0.15) is 6.42 Å². The molecule has 0 saturated carbocycles. The molecule has 0 radical (unpaired) electrons. The van der Waals surface area contributed by atoms with Crippen LogP contribution < -0.4 is 5.73 Å². The van der Waals surface area contributed by atoms with Crippen LogP contribution in [0.4, 0.5) is 5.82 Å². The summed E-state index contributed by atoms with van der Waals surface area (Å²) in [4.78, 5) is 18.6. The van der Waals surface area contributed by atoms with Crippen molar-refractivity contribution in [3.63, 3.8) is 0 Å². The Morgan fingerprint density at radius 3 is 3.07 bits per heavy atom. The third-order valence-electron chi connectivity index (χ3n) is 1.51. The minimum absolute atomic E-state index is 0.254. The maximum atomic E-state index is 10.8. The summed E-state index contributed by atoms with van der Waals surface area (Å²) in [5.74, 6) is 0.563. The summed E-state index contributed by atoms with van der Waals surface area (Å²) in [6.07, 6.45) is 1.73. The van der Waals surface area contributed by atoms with Crippen molar-refractivity contribution in [2.75, 3.05) is 18.6 Å². The van der Waals surface area contributed by atoms with Gasteiger partial charge in [-0.15, -0.1) is 11.8 Å². The largest absolute Gasteiger partial charge is 0.469 e. The van der Waals surface area contributed by atoms with Gasteiger partial charge in [0.15, 0.2) is 5.82 Å². The fourth-order valence-electron chi connectivity index (χ4n) is 0.814. The molecule has 0 fully saturated rings. The lowest BCUT2D eigenvalue weighted by atomic mass is 10.5. The number of thioether (sulfide) groups is 1. The van der Waals surface area contributed by atoms with E-state index in [0.29, 0.717) is 17.2 Å². The number of rotatable bonds is 4. The smallest absolute Gasteiger partial charge is 0.306 e. The van der Waals surface area contributed by atoms with Crippen LogP contribution >= 0.6 is 23.4 Å². The van der Waals surface area contributed by atoms with E-state index >= 15 is 0 Å². The second-order valence-corrected chi connectivity index (χ2v) is 4.03. The summed E-state index contributed by atoms with van der Waals surface area (Å²) in [6, 6.07) is 0. The number of nitrogen functional groups attached to an aromatic ring is 1. The van der Waals surface area contributed by atoms with Crippen molar-refractivity contribution in [2.45, 2.75) is 11.4 Å². The Hall–Kier alpha value is -1.01. The van der Waals surface area contributed by atoms with Gasteiger partial charge in [-0.1, -0.05) is 11.6 Å². The third-order valence-corrected chi connectivity index (χ3v) is 2.69. The third kappa shape index (κ3) is 3.93. The Balaban J connectivity index is 2.47. The molecule has 0 aliphatic heterocycles. The van der Waals surface area contributed by atoms with Crippen LogP contribution in [-0.4, -0.2) is 28.8 Å². The van der Waals surface area contributed by atoms with E-state index in [0.717, 1.165) is 0 Å². The van der Waals surface area contributed by atoms with E-state index < -0.39 is 0 Å². The summed E-state index contributed by atoms with van der Waals surface area (Å²) in [5.41, 5.74) is 5.58. The van der Waals surface area contributed by atoms with E-state index in [1.807, 2.05) is 0 Å². The molecule has 1 aromatic rings. The second kappa shape index (κ2) is 5.77. The van der Waals surface area contributed by atoms with E-state index in [2.05, 4.69) is 14.7 Å². The molecular weight excluding hydrogens is 238 g/mol. The summed E-state index contributed by atoms with van der Waals surface area (Å²) < 4.78 is 4.50. The number of carbonyl (C=O) groups is 1. The van der Waals surface area contributed by atoms with Crippen molar-refractivity contribution in [2.24, 2.45) is 0 Å². The van der Waals surface area contributed by atoms with Crippen LogP contribution in [0.25, 0.3) is 0 Å². The quantitative estimate of drug-likeness (QED) is 0.640. The molecule has 1 heterocycles. The van der Waals surface area contributed by atoms with Gasteiger partial charge in [0.05, 0.1) is 19.7 Å². The predicted octanol–water partition coefficient (Wildman–Crippen LogP) is 1.37. The van der Waals surface area contributed by atoms with E-state index in [1.165, 1.54) is 25.1 Å². The highest BCUT2D eigenvalue weighted by Gasteiger charge is 2.06. The van der Waals surface area contributed by atoms with Gasteiger partial charge in [0.25, 0.3) is 0 Å². The van der Waals surface area contributed by atoms with Gasteiger partial charge >= 0.3 is 5.97 Å². The molecule has 0 unspecified atom stereocenters. The molecule has 15 heavy (non-hydrogen) atoms. The van der Waals surface area contributed by atoms with Crippen LogP contribution in [0.5, 0.6) is 0 Å². The first-order chi connectivity index (χ1) is 7.13. The fraction of sp³-hybridized carbons (Fsp3) is 0.375. The zero-order chi connectivity index (χ0) is 11.3. The Bertz CT molecular complexity index is 362. The normalized spacial score (nSPS) is 10.0. The molecule has 0 spiro atoms. The first kappa shape index (κ1) is 12.1. The van der Waals surface area contributed by atoms with Gasteiger partial charge in [-0.05, 0) is 0 Å². The van der Waals surface area contributed by atoms with Gasteiger partial charge in [0, 0.05) is 5.75 Å². The molecule has 1 rings (SSSR count). The molecule has 0 saturated heterocycles. The highest BCUT2D eigenvalue weighted by Crippen LogP contribution is 2.22. The number of carbonyl (C=O) groups excluding carboxylic acids is 1. The van der Waals surface area contributed by atoms with Crippen molar-refractivity contribution in [1.29, 1.82) is 0 Å². The van der Waals surface area contributed by atoms with E-state index in [1.54, 1.807) is 0 Å². The number of halogens is 1. The average molecular weight is 248 g/mol. The summed E-state index contributed by atoms with van der Waals surface area (Å²) in [7, 11) is 1.35. The number of hydrogen-bond donors (Lipinski definition) is 1. The van der Waals surface area contributed by atoms with Crippen LogP contribution in [0.15, 0.2) is 11.2 Å². The van der Waals surface area contributed by atoms with Gasteiger partial charge in [0.1, 0.15) is 10.2 Å². The number of esters is 1. The first-order valence-electron chi connectivity index (χ1n) is 4.11. The molecule has 82 valence electrons. The SMILES string of the molecule is COC(=O)CCSc1ncc(Cl)nc1N. The minimum atomic E-state index is -0.261. The zero-order valence-corrected chi connectivity index (χ0v) is 9.64. The van der Waals surface area contributed by atoms with Crippen molar-refractivity contribution in [3.8, 4) is 0 Å².